The normalized spacial score (nSPS) is 20.2. The molecule has 0 saturated carbocycles. The van der Waals surface area contributed by atoms with Crippen molar-refractivity contribution in [1.82, 2.24) is 18.4 Å². The number of carbonyl (C=O) groups excluding carboxylic acids is 1. The van der Waals surface area contributed by atoms with Crippen molar-refractivity contribution >= 4 is 37.6 Å². The molecule has 0 spiro atoms. The lowest BCUT2D eigenvalue weighted by Gasteiger charge is -2.38. The summed E-state index contributed by atoms with van der Waals surface area (Å²) in [5.74, 6) is 0.134. The van der Waals surface area contributed by atoms with Crippen LogP contribution in [-0.2, 0) is 29.7 Å². The first-order chi connectivity index (χ1) is 19.3. The van der Waals surface area contributed by atoms with E-state index in [-0.39, 0.29) is 24.6 Å². The summed E-state index contributed by atoms with van der Waals surface area (Å²) in [7, 11) is -6.64. The predicted molar refractivity (Wildman–Crippen MR) is 145 cm³/mol. The number of benzene rings is 2. The summed E-state index contributed by atoms with van der Waals surface area (Å²) in [6.07, 6.45) is 0. The average Bonchev–Trinajstić information content (AvgIpc) is 2.94. The van der Waals surface area contributed by atoms with Crippen molar-refractivity contribution in [2.45, 2.75) is 10.9 Å². The molecule has 2 aromatic rings. The van der Waals surface area contributed by atoms with Gasteiger partial charge in [-0.1, -0.05) is 11.6 Å². The molecule has 2 aromatic carbocycles. The van der Waals surface area contributed by atoms with E-state index in [1.54, 1.807) is 0 Å². The molecular formula is C24H30ClF2N5O7S2. The van der Waals surface area contributed by atoms with Crippen molar-refractivity contribution < 1.29 is 40.0 Å². The SMILES string of the molecule is CN1CCN(CCS(=O)(=O)N2CCN(S(=O)(=O)c3cc(F)c(Oc4ccc(Cl)cc4)c(F)c3)[C@@H](C(=O)ON)C2)CC1. The Kier molecular flexibility index (Phi) is 9.85. The highest BCUT2D eigenvalue weighted by Gasteiger charge is 2.44. The quantitative estimate of drug-likeness (QED) is 0.397. The van der Waals surface area contributed by atoms with Crippen LogP contribution in [0.25, 0.3) is 0 Å². The Morgan fingerprint density at radius 3 is 2.20 bits per heavy atom. The molecule has 0 bridgehead atoms. The van der Waals surface area contributed by atoms with E-state index >= 15 is 0 Å². The lowest BCUT2D eigenvalue weighted by Crippen LogP contribution is -2.60. The van der Waals surface area contributed by atoms with Gasteiger partial charge in [0, 0.05) is 57.4 Å². The monoisotopic (exact) mass is 637 g/mol. The van der Waals surface area contributed by atoms with Crippen molar-refractivity contribution in [2.75, 3.05) is 65.2 Å². The van der Waals surface area contributed by atoms with Crippen LogP contribution in [0.3, 0.4) is 0 Å². The summed E-state index contributed by atoms with van der Waals surface area (Å²) >= 11 is 5.80. The van der Waals surface area contributed by atoms with Crippen LogP contribution in [0.5, 0.6) is 11.5 Å². The Morgan fingerprint density at radius 1 is 1.00 bits per heavy atom. The predicted octanol–water partition coefficient (Wildman–Crippen LogP) is 1.08. The highest BCUT2D eigenvalue weighted by molar-refractivity contribution is 7.89. The van der Waals surface area contributed by atoms with Gasteiger partial charge in [0.05, 0.1) is 10.6 Å². The number of halogens is 3. The minimum Gasteiger partial charge on any atom is -0.451 e. The number of ether oxygens (including phenoxy) is 1. The van der Waals surface area contributed by atoms with Gasteiger partial charge in [-0.3, -0.25) is 4.90 Å². The second-order valence-corrected chi connectivity index (χ2v) is 14.1. The highest BCUT2D eigenvalue weighted by atomic mass is 35.5. The smallest absolute Gasteiger partial charge is 0.344 e. The second kappa shape index (κ2) is 12.8. The molecule has 2 heterocycles. The summed E-state index contributed by atoms with van der Waals surface area (Å²) in [6.45, 7) is 1.93. The molecule has 226 valence electrons. The van der Waals surface area contributed by atoms with Crippen molar-refractivity contribution in [3.05, 3.63) is 53.1 Å². The Morgan fingerprint density at radius 2 is 1.61 bits per heavy atom. The topological polar surface area (TPSA) is 143 Å². The van der Waals surface area contributed by atoms with E-state index in [1.807, 2.05) is 11.9 Å². The van der Waals surface area contributed by atoms with Crippen molar-refractivity contribution in [3.63, 3.8) is 0 Å². The average molecular weight is 638 g/mol. The number of nitrogens with zero attached hydrogens (tertiary/aromatic N) is 4. The van der Waals surface area contributed by atoms with Gasteiger partial charge in [0.2, 0.25) is 20.0 Å². The summed E-state index contributed by atoms with van der Waals surface area (Å²) in [4.78, 5) is 20.1. The fraction of sp³-hybridized carbons (Fsp3) is 0.458. The molecule has 4 rings (SSSR count). The Bertz CT molecular complexity index is 1450. The maximum atomic E-state index is 14.9. The lowest BCUT2D eigenvalue weighted by molar-refractivity contribution is -0.150. The molecule has 0 radical (unpaired) electrons. The molecule has 1 atom stereocenters. The number of piperazine rings is 2. The molecule has 0 amide bonds. The van der Waals surface area contributed by atoms with Gasteiger partial charge in [-0.2, -0.15) is 14.5 Å². The molecule has 2 N–H and O–H groups in total. The van der Waals surface area contributed by atoms with E-state index in [9.17, 15) is 30.4 Å². The molecule has 41 heavy (non-hydrogen) atoms. The second-order valence-electron chi connectivity index (χ2n) is 9.66. The van der Waals surface area contributed by atoms with E-state index in [1.165, 1.54) is 24.3 Å². The van der Waals surface area contributed by atoms with Gasteiger partial charge in [-0.05, 0) is 43.4 Å². The number of carbonyl (C=O) groups is 1. The van der Waals surface area contributed by atoms with Crippen molar-refractivity contribution in [1.29, 1.82) is 0 Å². The highest BCUT2D eigenvalue weighted by Crippen LogP contribution is 2.32. The maximum absolute atomic E-state index is 14.9. The Balaban J connectivity index is 1.52. The molecule has 17 heteroatoms. The van der Waals surface area contributed by atoms with E-state index in [0.717, 1.165) is 17.4 Å². The number of likely N-dealkylation sites (N-methyl/N-ethyl adjacent to an activating group) is 1. The zero-order valence-corrected chi connectivity index (χ0v) is 24.5. The molecule has 2 aliphatic rings. The fourth-order valence-corrected chi connectivity index (χ4v) is 7.72. The number of hydrogen-bond donors (Lipinski definition) is 1. The molecular weight excluding hydrogens is 608 g/mol. The van der Waals surface area contributed by atoms with Crippen LogP contribution in [0.4, 0.5) is 8.78 Å². The third-order valence-corrected chi connectivity index (χ3v) is 10.9. The third kappa shape index (κ3) is 7.32. The van der Waals surface area contributed by atoms with Gasteiger partial charge < -0.3 is 14.5 Å². The van der Waals surface area contributed by atoms with Crippen LogP contribution in [0.2, 0.25) is 5.02 Å². The zero-order chi connectivity index (χ0) is 29.9. The standard InChI is InChI=1S/C24H30ClF2N5O7S2/c1-29-6-8-30(9-7-29)12-13-40(34,35)31-10-11-32(22(16-31)24(33)39-28)41(36,37)19-14-20(26)23(21(27)15-19)38-18-4-2-17(25)3-5-18/h2-5,14-15,22H,6-13,16,28H2,1H3/t22-/m1/s1. The van der Waals surface area contributed by atoms with Gasteiger partial charge >= 0.3 is 5.97 Å². The number of sulfonamides is 2. The van der Waals surface area contributed by atoms with E-state index in [0.29, 0.717) is 34.6 Å². The zero-order valence-electron chi connectivity index (χ0n) is 22.1. The molecule has 2 fully saturated rings. The lowest BCUT2D eigenvalue weighted by atomic mass is 10.2. The van der Waals surface area contributed by atoms with E-state index in [4.69, 9.17) is 22.2 Å². The van der Waals surface area contributed by atoms with Crippen LogP contribution < -0.4 is 10.6 Å². The first-order valence-electron chi connectivity index (χ1n) is 12.6. The minimum absolute atomic E-state index is 0.0542. The summed E-state index contributed by atoms with van der Waals surface area (Å²) in [6, 6.07) is 5.03. The largest absolute Gasteiger partial charge is 0.451 e. The molecule has 2 aliphatic heterocycles. The molecule has 0 unspecified atom stereocenters. The molecule has 0 aromatic heterocycles. The van der Waals surface area contributed by atoms with Gasteiger partial charge in [-0.15, -0.1) is 0 Å². The Hall–Kier alpha value is -2.44. The van der Waals surface area contributed by atoms with Crippen molar-refractivity contribution in [2.24, 2.45) is 5.90 Å². The maximum Gasteiger partial charge on any atom is 0.344 e. The summed E-state index contributed by atoms with van der Waals surface area (Å²) in [5.41, 5.74) is 0. The Labute approximate surface area is 242 Å². The minimum atomic E-state index is -4.72. The van der Waals surface area contributed by atoms with Crippen LogP contribution in [0.1, 0.15) is 0 Å². The summed E-state index contributed by atoms with van der Waals surface area (Å²) < 4.78 is 89.7. The van der Waals surface area contributed by atoms with Gasteiger partial charge in [0.25, 0.3) is 0 Å². The van der Waals surface area contributed by atoms with Gasteiger partial charge in [-0.25, -0.2) is 30.4 Å². The number of rotatable bonds is 9. The van der Waals surface area contributed by atoms with Gasteiger partial charge in [0.15, 0.2) is 17.4 Å². The fourth-order valence-electron chi connectivity index (χ4n) is 4.54. The van der Waals surface area contributed by atoms with E-state index < -0.39 is 67.4 Å². The van der Waals surface area contributed by atoms with Crippen LogP contribution in [-0.4, -0.2) is 112 Å². The number of hydrogen-bond acceptors (Lipinski definition) is 10. The van der Waals surface area contributed by atoms with Crippen LogP contribution in [0.15, 0.2) is 41.3 Å². The number of nitrogens with two attached hydrogens (primary N) is 1. The molecule has 2 saturated heterocycles. The third-order valence-electron chi connectivity index (χ3n) is 6.95. The first kappa shape index (κ1) is 31.5. The summed E-state index contributed by atoms with van der Waals surface area (Å²) in [5, 5.41) is 0.369. The van der Waals surface area contributed by atoms with Crippen molar-refractivity contribution in [3.8, 4) is 11.5 Å². The van der Waals surface area contributed by atoms with Gasteiger partial charge in [0.1, 0.15) is 11.8 Å². The van der Waals surface area contributed by atoms with E-state index in [2.05, 4.69) is 9.74 Å². The van der Waals surface area contributed by atoms with Crippen LogP contribution >= 0.6 is 11.6 Å². The molecule has 12 nitrogen and oxygen atoms in total. The van der Waals surface area contributed by atoms with Crippen LogP contribution in [0, 0.1) is 11.6 Å². The molecule has 0 aliphatic carbocycles. The first-order valence-corrected chi connectivity index (χ1v) is 16.0.